The first-order chi connectivity index (χ1) is 9.58. The molecule has 2 atom stereocenters. The molecular formula is C13H15F3N2O2. The minimum atomic E-state index is -2.99. The molecule has 1 heterocycles. The Bertz CT molecular complexity index is 471. The molecule has 0 radical (unpaired) electrons. The fraction of sp³-hybridized carbons (Fsp3) is 0.462. The third kappa shape index (κ3) is 3.55. The van der Waals surface area contributed by atoms with E-state index < -0.39 is 12.6 Å². The molecule has 1 aromatic carbocycles. The standard InChI is InChI=1S/C13H15F3N2O2/c14-9(12(15)16)5-6-20-11-4-2-1-3-8(11)10-7-17-13(19)18-10/h1-4,9-10,12H,5-7H2,(H2,17,18,19). The van der Waals surface area contributed by atoms with E-state index in [2.05, 4.69) is 10.6 Å². The van der Waals surface area contributed by atoms with Gasteiger partial charge in [0, 0.05) is 18.5 Å². The Hall–Kier alpha value is -1.92. The Kier molecular flexibility index (Phi) is 4.70. The van der Waals surface area contributed by atoms with Gasteiger partial charge in [0.05, 0.1) is 12.6 Å². The largest absolute Gasteiger partial charge is 0.493 e. The number of para-hydroxylation sites is 1. The third-order valence-corrected chi connectivity index (χ3v) is 2.99. The van der Waals surface area contributed by atoms with E-state index in [-0.39, 0.29) is 25.1 Å². The van der Waals surface area contributed by atoms with Crippen molar-refractivity contribution in [3.05, 3.63) is 29.8 Å². The fourth-order valence-corrected chi connectivity index (χ4v) is 1.95. The van der Waals surface area contributed by atoms with Gasteiger partial charge in [-0.05, 0) is 6.07 Å². The van der Waals surface area contributed by atoms with E-state index in [0.29, 0.717) is 12.3 Å². The van der Waals surface area contributed by atoms with Gasteiger partial charge < -0.3 is 15.4 Å². The Labute approximate surface area is 114 Å². The van der Waals surface area contributed by atoms with Crippen LogP contribution in [0.1, 0.15) is 18.0 Å². The van der Waals surface area contributed by atoms with Crippen LogP contribution in [-0.4, -0.2) is 31.8 Å². The topological polar surface area (TPSA) is 50.4 Å². The minimum Gasteiger partial charge on any atom is -0.493 e. The molecule has 7 heteroatoms. The third-order valence-electron chi connectivity index (χ3n) is 2.99. The summed E-state index contributed by atoms with van der Waals surface area (Å²) in [6.07, 6.45) is -5.55. The zero-order valence-electron chi connectivity index (χ0n) is 10.6. The van der Waals surface area contributed by atoms with Crippen LogP contribution in [0.25, 0.3) is 0 Å². The molecule has 4 nitrogen and oxygen atoms in total. The van der Waals surface area contributed by atoms with Crippen molar-refractivity contribution in [2.45, 2.75) is 25.1 Å². The second kappa shape index (κ2) is 6.49. The maximum Gasteiger partial charge on any atom is 0.315 e. The molecule has 2 N–H and O–H groups in total. The van der Waals surface area contributed by atoms with Gasteiger partial charge in [-0.15, -0.1) is 0 Å². The predicted octanol–water partition coefficient (Wildman–Crippen LogP) is 2.41. The van der Waals surface area contributed by atoms with Crippen LogP contribution in [0.5, 0.6) is 5.75 Å². The van der Waals surface area contributed by atoms with Crippen LogP contribution in [0.15, 0.2) is 24.3 Å². The molecule has 20 heavy (non-hydrogen) atoms. The van der Waals surface area contributed by atoms with Crippen LogP contribution in [0.2, 0.25) is 0 Å². The Morgan fingerprint density at radius 3 is 2.70 bits per heavy atom. The summed E-state index contributed by atoms with van der Waals surface area (Å²) in [6.45, 7) is 0.276. The van der Waals surface area contributed by atoms with Gasteiger partial charge in [0.15, 0.2) is 6.17 Å². The van der Waals surface area contributed by atoms with Gasteiger partial charge >= 0.3 is 6.03 Å². The minimum absolute atomic E-state index is 0.142. The lowest BCUT2D eigenvalue weighted by Gasteiger charge is -2.16. The van der Waals surface area contributed by atoms with Crippen molar-refractivity contribution < 1.29 is 22.7 Å². The second-order valence-corrected chi connectivity index (χ2v) is 4.43. The number of hydrogen-bond acceptors (Lipinski definition) is 2. The van der Waals surface area contributed by atoms with Gasteiger partial charge in [-0.2, -0.15) is 0 Å². The normalized spacial score (nSPS) is 19.6. The molecule has 1 aliphatic rings. The van der Waals surface area contributed by atoms with E-state index in [1.807, 2.05) is 0 Å². The number of carbonyl (C=O) groups excluding carboxylic acids is 1. The average molecular weight is 288 g/mol. The summed E-state index contributed by atoms with van der Waals surface area (Å²) < 4.78 is 42.2. The summed E-state index contributed by atoms with van der Waals surface area (Å²) in [5, 5.41) is 5.32. The smallest absolute Gasteiger partial charge is 0.315 e. The highest BCUT2D eigenvalue weighted by Crippen LogP contribution is 2.26. The van der Waals surface area contributed by atoms with Crippen LogP contribution >= 0.6 is 0 Å². The lowest BCUT2D eigenvalue weighted by atomic mass is 10.1. The van der Waals surface area contributed by atoms with Gasteiger partial charge in [-0.1, -0.05) is 18.2 Å². The highest BCUT2D eigenvalue weighted by molar-refractivity contribution is 5.77. The molecule has 110 valence electrons. The van der Waals surface area contributed by atoms with Gasteiger partial charge in [0.2, 0.25) is 0 Å². The molecular weight excluding hydrogens is 273 g/mol. The number of carbonyl (C=O) groups is 1. The summed E-state index contributed by atoms with van der Waals surface area (Å²) in [4.78, 5) is 11.1. The van der Waals surface area contributed by atoms with Crippen LogP contribution in [0.3, 0.4) is 0 Å². The molecule has 2 rings (SSSR count). The van der Waals surface area contributed by atoms with Crippen molar-refractivity contribution in [2.24, 2.45) is 0 Å². The molecule has 2 unspecified atom stereocenters. The summed E-state index contributed by atoms with van der Waals surface area (Å²) in [7, 11) is 0. The first kappa shape index (κ1) is 14.5. The molecule has 0 aliphatic carbocycles. The Morgan fingerprint density at radius 2 is 2.05 bits per heavy atom. The highest BCUT2D eigenvalue weighted by Gasteiger charge is 2.24. The van der Waals surface area contributed by atoms with Gasteiger partial charge in [0.1, 0.15) is 5.75 Å². The highest BCUT2D eigenvalue weighted by atomic mass is 19.3. The molecule has 0 aromatic heterocycles. The quantitative estimate of drug-likeness (QED) is 0.844. The maximum atomic E-state index is 12.8. The zero-order chi connectivity index (χ0) is 14.5. The summed E-state index contributed by atoms with van der Waals surface area (Å²) >= 11 is 0. The summed E-state index contributed by atoms with van der Waals surface area (Å²) in [5.74, 6) is 0.461. The summed E-state index contributed by atoms with van der Waals surface area (Å²) in [6, 6.07) is 6.43. The number of ether oxygens (including phenoxy) is 1. The molecule has 1 fully saturated rings. The first-order valence-corrected chi connectivity index (χ1v) is 6.26. The zero-order valence-corrected chi connectivity index (χ0v) is 10.6. The van der Waals surface area contributed by atoms with E-state index in [1.165, 1.54) is 0 Å². The Balaban J connectivity index is 1.96. The lowest BCUT2D eigenvalue weighted by molar-refractivity contribution is 0.0377. The number of halogens is 3. The van der Waals surface area contributed by atoms with Crippen LogP contribution in [-0.2, 0) is 0 Å². The second-order valence-electron chi connectivity index (χ2n) is 4.43. The van der Waals surface area contributed by atoms with Crippen molar-refractivity contribution in [3.8, 4) is 5.75 Å². The monoisotopic (exact) mass is 288 g/mol. The number of alkyl halides is 3. The van der Waals surface area contributed by atoms with Crippen molar-refractivity contribution >= 4 is 6.03 Å². The van der Waals surface area contributed by atoms with Crippen molar-refractivity contribution in [2.75, 3.05) is 13.2 Å². The van der Waals surface area contributed by atoms with Crippen LogP contribution < -0.4 is 15.4 Å². The number of benzene rings is 1. The van der Waals surface area contributed by atoms with Gasteiger partial charge in [-0.3, -0.25) is 0 Å². The SMILES string of the molecule is O=C1NCC(c2ccccc2OCCC(F)C(F)F)N1. The molecule has 0 spiro atoms. The van der Waals surface area contributed by atoms with Crippen LogP contribution in [0, 0.1) is 0 Å². The molecule has 1 aromatic rings. The van der Waals surface area contributed by atoms with E-state index in [9.17, 15) is 18.0 Å². The number of amides is 2. The van der Waals surface area contributed by atoms with Gasteiger partial charge in [0.25, 0.3) is 6.43 Å². The van der Waals surface area contributed by atoms with Crippen molar-refractivity contribution in [3.63, 3.8) is 0 Å². The Morgan fingerprint density at radius 1 is 1.30 bits per heavy atom. The van der Waals surface area contributed by atoms with Crippen molar-refractivity contribution in [1.29, 1.82) is 0 Å². The molecule has 1 saturated heterocycles. The lowest BCUT2D eigenvalue weighted by Crippen LogP contribution is -2.22. The molecule has 0 saturated carbocycles. The fourth-order valence-electron chi connectivity index (χ4n) is 1.95. The number of nitrogens with one attached hydrogen (secondary N) is 2. The summed E-state index contributed by atoms with van der Waals surface area (Å²) in [5.41, 5.74) is 0.735. The first-order valence-electron chi connectivity index (χ1n) is 6.26. The number of rotatable bonds is 6. The van der Waals surface area contributed by atoms with Crippen LogP contribution in [0.4, 0.5) is 18.0 Å². The van der Waals surface area contributed by atoms with E-state index in [0.717, 1.165) is 5.56 Å². The van der Waals surface area contributed by atoms with E-state index >= 15 is 0 Å². The molecule has 2 amide bonds. The number of urea groups is 1. The molecule has 0 bridgehead atoms. The van der Waals surface area contributed by atoms with E-state index in [1.54, 1.807) is 24.3 Å². The average Bonchev–Trinajstić information content (AvgIpc) is 2.85. The number of hydrogen-bond donors (Lipinski definition) is 2. The predicted molar refractivity (Wildman–Crippen MR) is 66.7 cm³/mol. The maximum absolute atomic E-state index is 12.8. The van der Waals surface area contributed by atoms with Gasteiger partial charge in [-0.25, -0.2) is 18.0 Å². The van der Waals surface area contributed by atoms with Crippen molar-refractivity contribution in [1.82, 2.24) is 10.6 Å². The molecule has 1 aliphatic heterocycles. The van der Waals surface area contributed by atoms with E-state index in [4.69, 9.17) is 4.74 Å².